The van der Waals surface area contributed by atoms with Gasteiger partial charge in [0, 0.05) is 3.57 Å². The lowest BCUT2D eigenvalue weighted by atomic mass is 10.1. The molecule has 0 saturated carbocycles. The second kappa shape index (κ2) is 5.12. The highest BCUT2D eigenvalue weighted by molar-refractivity contribution is 14.1. The maximum atomic E-state index is 11.3. The molecule has 0 aliphatic rings. The number of nitrogens with zero attached hydrogens (tertiary/aromatic N) is 1. The Balaban J connectivity index is 3.33. The van der Waals surface area contributed by atoms with Gasteiger partial charge in [0.25, 0.3) is 0 Å². The summed E-state index contributed by atoms with van der Waals surface area (Å²) >= 11 is 2.05. The van der Waals surface area contributed by atoms with Gasteiger partial charge in [-0.15, -0.1) is 0 Å². The zero-order valence-corrected chi connectivity index (χ0v) is 10.7. The summed E-state index contributed by atoms with van der Waals surface area (Å²) in [5.74, 6) is 0.458. The molecule has 1 aromatic carbocycles. The van der Waals surface area contributed by atoms with Gasteiger partial charge in [0.2, 0.25) is 0 Å². The van der Waals surface area contributed by atoms with Gasteiger partial charge in [-0.1, -0.05) is 0 Å². The first kappa shape index (κ1) is 12.0. The van der Waals surface area contributed by atoms with Crippen molar-refractivity contribution in [2.75, 3.05) is 6.61 Å². The number of nitriles is 1. The fourth-order valence-electron chi connectivity index (χ4n) is 1.19. The molecular weight excluding hydrogens is 305 g/mol. The molecule has 0 saturated heterocycles. The molecule has 0 atom stereocenters. The van der Waals surface area contributed by atoms with E-state index in [1.54, 1.807) is 12.1 Å². The SMILES string of the molecule is CCOc1cc(I)c(C#N)cc1C(C)=O. The van der Waals surface area contributed by atoms with E-state index in [4.69, 9.17) is 10.00 Å². The van der Waals surface area contributed by atoms with Crippen molar-refractivity contribution in [2.45, 2.75) is 13.8 Å². The van der Waals surface area contributed by atoms with Crippen LogP contribution in [0, 0.1) is 14.9 Å². The zero-order valence-electron chi connectivity index (χ0n) is 8.50. The van der Waals surface area contributed by atoms with E-state index in [-0.39, 0.29) is 5.78 Å². The Morgan fingerprint density at radius 2 is 2.27 bits per heavy atom. The Labute approximate surface area is 102 Å². The Hall–Kier alpha value is -1.09. The highest BCUT2D eigenvalue weighted by atomic mass is 127. The minimum absolute atomic E-state index is 0.0913. The summed E-state index contributed by atoms with van der Waals surface area (Å²) in [5.41, 5.74) is 0.970. The molecule has 1 rings (SSSR count). The molecule has 3 nitrogen and oxygen atoms in total. The number of ether oxygens (including phenoxy) is 1. The van der Waals surface area contributed by atoms with E-state index in [2.05, 4.69) is 22.6 Å². The summed E-state index contributed by atoms with van der Waals surface area (Å²) in [6, 6.07) is 5.34. The average Bonchev–Trinajstić information content (AvgIpc) is 2.18. The molecule has 15 heavy (non-hydrogen) atoms. The normalized spacial score (nSPS) is 9.47. The average molecular weight is 315 g/mol. The number of Topliss-reactive ketones (excluding diaryl/α,β-unsaturated/α-hetero) is 1. The second-order valence-electron chi connectivity index (χ2n) is 2.93. The van der Waals surface area contributed by atoms with Gasteiger partial charge in [-0.25, -0.2) is 0 Å². The highest BCUT2D eigenvalue weighted by Crippen LogP contribution is 2.25. The van der Waals surface area contributed by atoms with Gasteiger partial charge in [-0.3, -0.25) is 4.79 Å². The van der Waals surface area contributed by atoms with Crippen LogP contribution in [-0.4, -0.2) is 12.4 Å². The summed E-state index contributed by atoms with van der Waals surface area (Å²) in [4.78, 5) is 11.3. The standard InChI is InChI=1S/C11H10INO2/c1-3-15-11-5-10(12)8(6-13)4-9(11)7(2)14/h4-5H,3H2,1-2H3. The molecule has 4 heteroatoms. The molecule has 0 radical (unpaired) electrons. The number of hydrogen-bond donors (Lipinski definition) is 0. The van der Waals surface area contributed by atoms with Crippen LogP contribution in [-0.2, 0) is 0 Å². The van der Waals surface area contributed by atoms with Gasteiger partial charge in [-0.2, -0.15) is 5.26 Å². The maximum absolute atomic E-state index is 11.3. The van der Waals surface area contributed by atoms with Crippen LogP contribution in [0.5, 0.6) is 5.75 Å². The summed E-state index contributed by atoms with van der Waals surface area (Å²) in [7, 11) is 0. The van der Waals surface area contributed by atoms with Gasteiger partial charge >= 0.3 is 0 Å². The third kappa shape index (κ3) is 2.69. The lowest BCUT2D eigenvalue weighted by Gasteiger charge is -2.09. The molecule has 0 heterocycles. The van der Waals surface area contributed by atoms with Gasteiger partial charge in [0.05, 0.1) is 17.7 Å². The second-order valence-corrected chi connectivity index (χ2v) is 4.09. The molecule has 0 bridgehead atoms. The first-order valence-corrected chi connectivity index (χ1v) is 5.55. The van der Waals surface area contributed by atoms with Crippen LogP contribution in [0.4, 0.5) is 0 Å². The molecular formula is C11H10INO2. The van der Waals surface area contributed by atoms with Gasteiger partial charge in [-0.05, 0) is 48.6 Å². The largest absolute Gasteiger partial charge is 0.493 e. The van der Waals surface area contributed by atoms with E-state index < -0.39 is 0 Å². The predicted octanol–water partition coefficient (Wildman–Crippen LogP) is 2.76. The maximum Gasteiger partial charge on any atom is 0.163 e. The molecule has 0 unspecified atom stereocenters. The number of benzene rings is 1. The monoisotopic (exact) mass is 315 g/mol. The molecule has 0 aromatic heterocycles. The number of carbonyl (C=O) groups is 1. The Bertz CT molecular complexity index is 435. The van der Waals surface area contributed by atoms with Crippen molar-refractivity contribution >= 4 is 28.4 Å². The Morgan fingerprint density at radius 3 is 2.73 bits per heavy atom. The van der Waals surface area contributed by atoms with Crippen molar-refractivity contribution in [1.29, 1.82) is 5.26 Å². The third-order valence-corrected chi connectivity index (χ3v) is 2.76. The summed E-state index contributed by atoms with van der Waals surface area (Å²) < 4.78 is 6.14. The highest BCUT2D eigenvalue weighted by Gasteiger charge is 2.12. The predicted molar refractivity (Wildman–Crippen MR) is 65.0 cm³/mol. The fourth-order valence-corrected chi connectivity index (χ4v) is 1.75. The topological polar surface area (TPSA) is 50.1 Å². The molecule has 78 valence electrons. The summed E-state index contributed by atoms with van der Waals surface area (Å²) in [5, 5.41) is 8.84. The van der Waals surface area contributed by atoms with Crippen molar-refractivity contribution in [3.8, 4) is 11.8 Å². The van der Waals surface area contributed by atoms with E-state index in [1.165, 1.54) is 6.92 Å². The fraction of sp³-hybridized carbons (Fsp3) is 0.273. The minimum Gasteiger partial charge on any atom is -0.493 e. The molecule has 0 fully saturated rings. The number of rotatable bonds is 3. The summed E-state index contributed by atoms with van der Waals surface area (Å²) in [6.45, 7) is 3.82. The Kier molecular flexibility index (Phi) is 4.09. The number of carbonyl (C=O) groups excluding carboxylic acids is 1. The van der Waals surface area contributed by atoms with Crippen molar-refractivity contribution < 1.29 is 9.53 Å². The third-order valence-electron chi connectivity index (χ3n) is 1.87. The van der Waals surface area contributed by atoms with E-state index in [0.29, 0.717) is 23.5 Å². The van der Waals surface area contributed by atoms with Crippen LogP contribution in [0.1, 0.15) is 29.8 Å². The van der Waals surface area contributed by atoms with Crippen LogP contribution in [0.15, 0.2) is 12.1 Å². The number of halogens is 1. The Morgan fingerprint density at radius 1 is 1.60 bits per heavy atom. The van der Waals surface area contributed by atoms with Crippen LogP contribution in [0.2, 0.25) is 0 Å². The molecule has 0 spiro atoms. The van der Waals surface area contributed by atoms with E-state index in [1.807, 2.05) is 13.0 Å². The van der Waals surface area contributed by atoms with E-state index >= 15 is 0 Å². The first-order chi connectivity index (χ1) is 7.10. The summed E-state index contributed by atoms with van der Waals surface area (Å²) in [6.07, 6.45) is 0. The number of hydrogen-bond acceptors (Lipinski definition) is 3. The smallest absolute Gasteiger partial charge is 0.163 e. The molecule has 1 aromatic rings. The van der Waals surface area contributed by atoms with Crippen LogP contribution in [0.3, 0.4) is 0 Å². The number of ketones is 1. The lowest BCUT2D eigenvalue weighted by Crippen LogP contribution is -2.02. The van der Waals surface area contributed by atoms with E-state index in [9.17, 15) is 4.79 Å². The molecule has 0 amide bonds. The molecule has 0 aliphatic heterocycles. The van der Waals surface area contributed by atoms with Crippen LogP contribution in [0.25, 0.3) is 0 Å². The van der Waals surface area contributed by atoms with Gasteiger partial charge in [0.15, 0.2) is 5.78 Å². The van der Waals surface area contributed by atoms with Crippen molar-refractivity contribution in [1.82, 2.24) is 0 Å². The van der Waals surface area contributed by atoms with Gasteiger partial charge in [0.1, 0.15) is 11.8 Å². The van der Waals surface area contributed by atoms with Crippen molar-refractivity contribution in [3.05, 3.63) is 26.8 Å². The minimum atomic E-state index is -0.0913. The van der Waals surface area contributed by atoms with Crippen LogP contribution < -0.4 is 4.74 Å². The zero-order chi connectivity index (χ0) is 11.4. The van der Waals surface area contributed by atoms with E-state index in [0.717, 1.165) is 3.57 Å². The van der Waals surface area contributed by atoms with Crippen LogP contribution >= 0.6 is 22.6 Å². The first-order valence-electron chi connectivity index (χ1n) is 4.47. The van der Waals surface area contributed by atoms with Gasteiger partial charge < -0.3 is 4.74 Å². The quantitative estimate of drug-likeness (QED) is 0.636. The molecule has 0 aliphatic carbocycles. The van der Waals surface area contributed by atoms with Crippen molar-refractivity contribution in [3.63, 3.8) is 0 Å². The van der Waals surface area contributed by atoms with Crippen molar-refractivity contribution in [2.24, 2.45) is 0 Å². The molecule has 0 N–H and O–H groups in total. The lowest BCUT2D eigenvalue weighted by molar-refractivity contribution is 0.101.